The Labute approximate surface area is 123 Å². The third kappa shape index (κ3) is 2.70. The fourth-order valence-corrected chi connectivity index (χ4v) is 2.61. The number of imidazole rings is 1. The largest absolute Gasteiger partial charge is 0.435 e. The summed E-state index contributed by atoms with van der Waals surface area (Å²) in [6, 6.07) is -0.226. The summed E-state index contributed by atoms with van der Waals surface area (Å²) in [5.41, 5.74) is -1.61. The summed E-state index contributed by atoms with van der Waals surface area (Å²) in [6.45, 7) is 0.503. The van der Waals surface area contributed by atoms with E-state index in [1.54, 1.807) is 12.4 Å². The van der Waals surface area contributed by atoms with Crippen LogP contribution in [0, 0.1) is 0 Å². The SMILES string of the molecule is Cn1cc(C(=O)NC2CCc3nccn3C2)c(C(F)(F)F)n1. The molecule has 0 radical (unpaired) electrons. The maximum atomic E-state index is 12.9. The summed E-state index contributed by atoms with van der Waals surface area (Å²) in [7, 11) is 1.35. The molecule has 22 heavy (non-hydrogen) atoms. The van der Waals surface area contributed by atoms with E-state index in [-0.39, 0.29) is 6.04 Å². The highest BCUT2D eigenvalue weighted by molar-refractivity contribution is 5.95. The lowest BCUT2D eigenvalue weighted by atomic mass is 10.1. The lowest BCUT2D eigenvalue weighted by molar-refractivity contribution is -0.141. The number of rotatable bonds is 2. The van der Waals surface area contributed by atoms with Crippen LogP contribution in [0.2, 0.25) is 0 Å². The molecule has 3 rings (SSSR count). The molecule has 0 saturated carbocycles. The van der Waals surface area contributed by atoms with Crippen LogP contribution in [0.15, 0.2) is 18.6 Å². The second-order valence-corrected chi connectivity index (χ2v) is 5.27. The van der Waals surface area contributed by atoms with Gasteiger partial charge in [-0.15, -0.1) is 0 Å². The predicted molar refractivity (Wildman–Crippen MR) is 70.0 cm³/mol. The molecule has 1 atom stereocenters. The lowest BCUT2D eigenvalue weighted by Crippen LogP contribution is -2.41. The van der Waals surface area contributed by atoms with Crippen molar-refractivity contribution in [1.29, 1.82) is 0 Å². The van der Waals surface area contributed by atoms with Gasteiger partial charge in [0, 0.05) is 44.6 Å². The van der Waals surface area contributed by atoms with Crippen LogP contribution in [0.4, 0.5) is 13.2 Å². The van der Waals surface area contributed by atoms with Crippen molar-refractivity contribution in [2.24, 2.45) is 7.05 Å². The number of nitrogens with one attached hydrogen (secondary N) is 1. The van der Waals surface area contributed by atoms with Crippen molar-refractivity contribution in [3.8, 4) is 0 Å². The van der Waals surface area contributed by atoms with Gasteiger partial charge in [0.05, 0.1) is 5.56 Å². The normalized spacial score (nSPS) is 18.1. The molecule has 6 nitrogen and oxygen atoms in total. The second-order valence-electron chi connectivity index (χ2n) is 5.27. The minimum absolute atomic E-state index is 0.226. The molecular formula is C13H14F3N5O. The van der Waals surface area contributed by atoms with E-state index in [0.29, 0.717) is 19.4 Å². The Balaban J connectivity index is 1.76. The number of carbonyl (C=O) groups is 1. The van der Waals surface area contributed by atoms with E-state index < -0.39 is 23.3 Å². The predicted octanol–water partition coefficient (Wildman–Crippen LogP) is 1.38. The Morgan fingerprint density at radius 3 is 2.95 bits per heavy atom. The van der Waals surface area contributed by atoms with Crippen molar-refractivity contribution in [3.05, 3.63) is 35.7 Å². The summed E-state index contributed by atoms with van der Waals surface area (Å²) in [4.78, 5) is 16.3. The number of hydrogen-bond donors (Lipinski definition) is 1. The highest BCUT2D eigenvalue weighted by Gasteiger charge is 2.39. The molecule has 1 aliphatic heterocycles. The highest BCUT2D eigenvalue weighted by Crippen LogP contribution is 2.30. The molecule has 0 aliphatic carbocycles. The van der Waals surface area contributed by atoms with Gasteiger partial charge in [0.15, 0.2) is 5.69 Å². The maximum Gasteiger partial charge on any atom is 0.435 e. The average Bonchev–Trinajstić information content (AvgIpc) is 3.03. The van der Waals surface area contributed by atoms with E-state index in [1.807, 2.05) is 4.57 Å². The average molecular weight is 313 g/mol. The fourth-order valence-electron chi connectivity index (χ4n) is 2.61. The topological polar surface area (TPSA) is 64.7 Å². The third-order valence-corrected chi connectivity index (χ3v) is 3.61. The van der Waals surface area contributed by atoms with Gasteiger partial charge in [0.2, 0.25) is 0 Å². The Morgan fingerprint density at radius 1 is 1.45 bits per heavy atom. The highest BCUT2D eigenvalue weighted by atomic mass is 19.4. The van der Waals surface area contributed by atoms with Crippen molar-refractivity contribution in [3.63, 3.8) is 0 Å². The van der Waals surface area contributed by atoms with E-state index in [9.17, 15) is 18.0 Å². The fraction of sp³-hybridized carbons (Fsp3) is 0.462. The van der Waals surface area contributed by atoms with Crippen LogP contribution in [0.5, 0.6) is 0 Å². The van der Waals surface area contributed by atoms with E-state index in [2.05, 4.69) is 15.4 Å². The molecule has 0 aromatic carbocycles. The zero-order valence-electron chi connectivity index (χ0n) is 11.8. The van der Waals surface area contributed by atoms with E-state index in [1.165, 1.54) is 7.05 Å². The first kappa shape index (κ1) is 14.6. The number of hydrogen-bond acceptors (Lipinski definition) is 3. The van der Waals surface area contributed by atoms with Gasteiger partial charge in [0.25, 0.3) is 5.91 Å². The van der Waals surface area contributed by atoms with Crippen molar-refractivity contribution >= 4 is 5.91 Å². The van der Waals surface area contributed by atoms with Crippen LogP contribution in [0.25, 0.3) is 0 Å². The van der Waals surface area contributed by atoms with Crippen LogP contribution in [0.1, 0.15) is 28.3 Å². The third-order valence-electron chi connectivity index (χ3n) is 3.61. The number of carbonyl (C=O) groups excluding carboxylic acids is 1. The summed E-state index contributed by atoms with van der Waals surface area (Å²) in [6.07, 6.45) is 1.21. The van der Waals surface area contributed by atoms with Gasteiger partial charge in [0.1, 0.15) is 5.82 Å². The standard InChI is InChI=1S/C13H14F3N5O/c1-20-7-9(11(19-20)13(14,15)16)12(22)18-8-2-3-10-17-4-5-21(10)6-8/h4-5,7-8H,2-3,6H2,1H3,(H,18,22). The summed E-state index contributed by atoms with van der Waals surface area (Å²) < 4.78 is 41.5. The molecule has 118 valence electrons. The van der Waals surface area contributed by atoms with E-state index >= 15 is 0 Å². The minimum Gasteiger partial charge on any atom is -0.347 e. The maximum absolute atomic E-state index is 12.9. The quantitative estimate of drug-likeness (QED) is 0.911. The minimum atomic E-state index is -4.65. The monoisotopic (exact) mass is 313 g/mol. The molecule has 2 aromatic heterocycles. The molecular weight excluding hydrogens is 299 g/mol. The van der Waals surface area contributed by atoms with Gasteiger partial charge in [-0.05, 0) is 6.42 Å². The summed E-state index contributed by atoms with van der Waals surface area (Å²) in [5.74, 6) is 0.164. The van der Waals surface area contributed by atoms with E-state index in [4.69, 9.17) is 0 Å². The van der Waals surface area contributed by atoms with Crippen LogP contribution in [-0.2, 0) is 26.2 Å². The first-order valence-corrected chi connectivity index (χ1v) is 6.76. The number of nitrogens with zero attached hydrogens (tertiary/aromatic N) is 4. The zero-order chi connectivity index (χ0) is 15.9. The van der Waals surface area contributed by atoms with Crippen molar-refractivity contribution in [2.45, 2.75) is 31.6 Å². The first-order valence-electron chi connectivity index (χ1n) is 6.76. The van der Waals surface area contributed by atoms with Gasteiger partial charge >= 0.3 is 6.18 Å². The Hall–Kier alpha value is -2.32. The van der Waals surface area contributed by atoms with Crippen LogP contribution in [0.3, 0.4) is 0 Å². The Kier molecular flexibility index (Phi) is 3.42. The molecule has 1 amide bonds. The number of amides is 1. The molecule has 1 unspecified atom stereocenters. The van der Waals surface area contributed by atoms with Crippen LogP contribution >= 0.6 is 0 Å². The van der Waals surface area contributed by atoms with Crippen molar-refractivity contribution in [1.82, 2.24) is 24.6 Å². The van der Waals surface area contributed by atoms with Gasteiger partial charge in [-0.2, -0.15) is 18.3 Å². The Bertz CT molecular complexity index is 703. The Morgan fingerprint density at radius 2 is 2.23 bits per heavy atom. The van der Waals surface area contributed by atoms with E-state index in [0.717, 1.165) is 16.7 Å². The first-order chi connectivity index (χ1) is 10.3. The molecule has 0 bridgehead atoms. The lowest BCUT2D eigenvalue weighted by Gasteiger charge is -2.24. The van der Waals surface area contributed by atoms with Gasteiger partial charge in [-0.1, -0.05) is 0 Å². The molecule has 0 fully saturated rings. The van der Waals surface area contributed by atoms with Gasteiger partial charge in [-0.3, -0.25) is 9.48 Å². The molecule has 9 heteroatoms. The summed E-state index contributed by atoms with van der Waals surface area (Å²) in [5, 5.41) is 5.99. The molecule has 1 N–H and O–H groups in total. The molecule has 0 spiro atoms. The summed E-state index contributed by atoms with van der Waals surface area (Å²) >= 11 is 0. The number of aromatic nitrogens is 4. The van der Waals surface area contributed by atoms with Gasteiger partial charge in [-0.25, -0.2) is 4.98 Å². The number of aryl methyl sites for hydroxylation is 2. The molecule has 1 aliphatic rings. The second kappa shape index (κ2) is 5.15. The number of fused-ring (bicyclic) bond motifs is 1. The molecule has 2 aromatic rings. The zero-order valence-corrected chi connectivity index (χ0v) is 11.8. The number of halogens is 3. The molecule has 3 heterocycles. The van der Waals surface area contributed by atoms with Gasteiger partial charge < -0.3 is 9.88 Å². The smallest absolute Gasteiger partial charge is 0.347 e. The van der Waals surface area contributed by atoms with Crippen molar-refractivity contribution < 1.29 is 18.0 Å². The van der Waals surface area contributed by atoms with Crippen LogP contribution in [-0.4, -0.2) is 31.3 Å². The van der Waals surface area contributed by atoms with Crippen molar-refractivity contribution in [2.75, 3.05) is 0 Å². The molecule has 0 saturated heterocycles. The number of alkyl halides is 3. The van der Waals surface area contributed by atoms with Crippen LogP contribution < -0.4 is 5.32 Å².